The van der Waals surface area contributed by atoms with Crippen molar-refractivity contribution in [2.45, 2.75) is 32.6 Å². The van der Waals surface area contributed by atoms with E-state index in [4.69, 9.17) is 0 Å². The number of nitrogens with zero attached hydrogens (tertiary/aromatic N) is 2. The second kappa shape index (κ2) is 6.01. The lowest BCUT2D eigenvalue weighted by Crippen LogP contribution is -2.34. The number of anilines is 2. The molecule has 2 aromatic carbocycles. The van der Waals surface area contributed by atoms with E-state index in [1.807, 2.05) is 0 Å². The molecule has 2 nitrogen and oxygen atoms in total. The van der Waals surface area contributed by atoms with Crippen molar-refractivity contribution in [1.29, 1.82) is 0 Å². The van der Waals surface area contributed by atoms with Crippen LogP contribution in [0.2, 0.25) is 0 Å². The van der Waals surface area contributed by atoms with Crippen LogP contribution >= 0.6 is 0 Å². The first-order chi connectivity index (χ1) is 11.6. The summed E-state index contributed by atoms with van der Waals surface area (Å²) in [6.07, 6.45) is 7.06. The number of hydrogen-bond donors (Lipinski definition) is 0. The van der Waals surface area contributed by atoms with Gasteiger partial charge in [-0.15, -0.1) is 0 Å². The average Bonchev–Trinajstić information content (AvgIpc) is 2.57. The summed E-state index contributed by atoms with van der Waals surface area (Å²) in [5.74, 6) is 0.461. The number of rotatable bonds is 2. The Bertz CT molecular complexity index is 791. The highest BCUT2D eigenvalue weighted by Gasteiger charge is 2.24. The summed E-state index contributed by atoms with van der Waals surface area (Å²) in [7, 11) is 2.14. The van der Waals surface area contributed by atoms with Gasteiger partial charge in [0.05, 0.1) is 0 Å². The van der Waals surface area contributed by atoms with Crippen LogP contribution in [-0.2, 0) is 6.42 Å². The molecule has 2 aromatic rings. The van der Waals surface area contributed by atoms with Gasteiger partial charge >= 0.3 is 0 Å². The summed E-state index contributed by atoms with van der Waals surface area (Å²) < 4.78 is 0. The van der Waals surface area contributed by atoms with E-state index in [9.17, 15) is 0 Å². The second-order valence-electron chi connectivity index (χ2n) is 7.30. The summed E-state index contributed by atoms with van der Waals surface area (Å²) in [6, 6.07) is 13.8. The predicted molar refractivity (Wildman–Crippen MR) is 103 cm³/mol. The Morgan fingerprint density at radius 3 is 2.58 bits per heavy atom. The molecular weight excluding hydrogens is 292 g/mol. The molecule has 2 heterocycles. The van der Waals surface area contributed by atoms with Crippen LogP contribution in [0, 0.1) is 13.8 Å². The zero-order valence-electron chi connectivity index (χ0n) is 14.9. The highest BCUT2D eigenvalue weighted by Crippen LogP contribution is 2.36. The fourth-order valence-corrected chi connectivity index (χ4v) is 4.10. The van der Waals surface area contributed by atoms with Crippen molar-refractivity contribution in [2.24, 2.45) is 0 Å². The molecular formula is C22H26N2. The van der Waals surface area contributed by atoms with E-state index in [-0.39, 0.29) is 0 Å². The molecule has 4 rings (SSSR count). The first kappa shape index (κ1) is 15.3. The lowest BCUT2D eigenvalue weighted by molar-refractivity contribution is 0.659. The van der Waals surface area contributed by atoms with Gasteiger partial charge < -0.3 is 9.80 Å². The third kappa shape index (κ3) is 2.71. The van der Waals surface area contributed by atoms with Crippen molar-refractivity contribution in [1.82, 2.24) is 0 Å². The summed E-state index contributed by atoms with van der Waals surface area (Å²) in [6.45, 7) is 6.61. The zero-order chi connectivity index (χ0) is 16.7. The molecule has 0 aromatic heterocycles. The fraction of sp³-hybridized carbons (Fsp3) is 0.364. The van der Waals surface area contributed by atoms with Crippen LogP contribution < -0.4 is 9.80 Å². The van der Waals surface area contributed by atoms with Crippen molar-refractivity contribution in [3.63, 3.8) is 0 Å². The zero-order valence-corrected chi connectivity index (χ0v) is 14.9. The highest BCUT2D eigenvalue weighted by atomic mass is 15.1. The van der Waals surface area contributed by atoms with E-state index in [2.05, 4.69) is 79.4 Å². The molecule has 0 saturated carbocycles. The van der Waals surface area contributed by atoms with Crippen LogP contribution in [-0.4, -0.2) is 20.1 Å². The normalized spacial score (nSPS) is 19.2. The molecule has 2 aliphatic heterocycles. The van der Waals surface area contributed by atoms with E-state index < -0.39 is 0 Å². The maximum absolute atomic E-state index is 2.59. The van der Waals surface area contributed by atoms with Gasteiger partial charge in [-0.25, -0.2) is 0 Å². The predicted octanol–water partition coefficient (Wildman–Crippen LogP) is 4.80. The number of benzene rings is 2. The number of hydrogen-bond acceptors (Lipinski definition) is 2. The van der Waals surface area contributed by atoms with Crippen LogP contribution in [0.5, 0.6) is 0 Å². The largest absolute Gasteiger partial charge is 0.370 e. The molecule has 0 aliphatic carbocycles. The Kier molecular flexibility index (Phi) is 3.84. The lowest BCUT2D eigenvalue weighted by Gasteiger charge is -2.36. The van der Waals surface area contributed by atoms with Crippen molar-refractivity contribution in [2.75, 3.05) is 29.9 Å². The van der Waals surface area contributed by atoms with Gasteiger partial charge in [-0.05, 0) is 49.9 Å². The fourth-order valence-electron chi connectivity index (χ4n) is 4.10. The van der Waals surface area contributed by atoms with Gasteiger partial charge in [0, 0.05) is 43.6 Å². The molecule has 0 radical (unpaired) electrons. The van der Waals surface area contributed by atoms with E-state index >= 15 is 0 Å². The highest BCUT2D eigenvalue weighted by molar-refractivity contribution is 5.63. The summed E-state index contributed by atoms with van der Waals surface area (Å²) in [4.78, 5) is 4.82. The third-order valence-electron chi connectivity index (χ3n) is 5.37. The van der Waals surface area contributed by atoms with E-state index in [1.54, 1.807) is 0 Å². The molecule has 0 N–H and O–H groups in total. The number of fused-ring (bicyclic) bond motifs is 2. The molecule has 0 spiro atoms. The SMILES string of the molecule is Cc1ccc2c(c1)CCCN2CC1C=CN(C)c2ccc(C)cc21. The quantitative estimate of drug-likeness (QED) is 0.784. The molecule has 0 amide bonds. The Labute approximate surface area is 145 Å². The molecule has 0 bridgehead atoms. The van der Waals surface area contributed by atoms with Crippen molar-refractivity contribution in [3.05, 3.63) is 70.9 Å². The maximum Gasteiger partial charge on any atom is 0.0442 e. The van der Waals surface area contributed by atoms with E-state index in [0.29, 0.717) is 5.92 Å². The molecule has 2 heteroatoms. The minimum Gasteiger partial charge on any atom is -0.370 e. The minimum absolute atomic E-state index is 0.461. The smallest absolute Gasteiger partial charge is 0.0442 e. The molecule has 1 unspecified atom stereocenters. The van der Waals surface area contributed by atoms with Crippen LogP contribution in [0.4, 0.5) is 11.4 Å². The minimum atomic E-state index is 0.461. The van der Waals surface area contributed by atoms with Gasteiger partial charge in [0.1, 0.15) is 0 Å². The second-order valence-corrected chi connectivity index (χ2v) is 7.30. The molecule has 0 fully saturated rings. The number of aryl methyl sites for hydroxylation is 3. The molecule has 2 aliphatic rings. The van der Waals surface area contributed by atoms with E-state index in [0.717, 1.165) is 13.1 Å². The summed E-state index contributed by atoms with van der Waals surface area (Å²) in [5.41, 5.74) is 8.47. The Morgan fingerprint density at radius 2 is 1.75 bits per heavy atom. The van der Waals surface area contributed by atoms with Crippen LogP contribution in [0.25, 0.3) is 0 Å². The lowest BCUT2D eigenvalue weighted by atomic mass is 9.91. The third-order valence-corrected chi connectivity index (χ3v) is 5.37. The van der Waals surface area contributed by atoms with Gasteiger partial charge in [-0.2, -0.15) is 0 Å². The van der Waals surface area contributed by atoms with E-state index in [1.165, 1.54) is 46.5 Å². The molecule has 1 atom stereocenters. The first-order valence-electron chi connectivity index (χ1n) is 8.98. The van der Waals surface area contributed by atoms with Crippen LogP contribution in [0.3, 0.4) is 0 Å². The standard InChI is InChI=1S/C22H26N2/c1-16-6-8-21-18(13-16)5-4-11-24(21)15-19-10-12-23(3)22-9-7-17(2)14-20(19)22/h6-10,12-14,19H,4-5,11,15H2,1-3H3. The summed E-state index contributed by atoms with van der Waals surface area (Å²) >= 11 is 0. The van der Waals surface area contributed by atoms with Crippen molar-refractivity contribution in [3.8, 4) is 0 Å². The van der Waals surface area contributed by atoms with Crippen molar-refractivity contribution >= 4 is 11.4 Å². The molecule has 24 heavy (non-hydrogen) atoms. The van der Waals surface area contributed by atoms with Gasteiger partial charge in [0.2, 0.25) is 0 Å². The van der Waals surface area contributed by atoms with Gasteiger partial charge in [-0.3, -0.25) is 0 Å². The average molecular weight is 318 g/mol. The topological polar surface area (TPSA) is 6.48 Å². The van der Waals surface area contributed by atoms with Gasteiger partial charge in [0.15, 0.2) is 0 Å². The van der Waals surface area contributed by atoms with Gasteiger partial charge in [0.25, 0.3) is 0 Å². The van der Waals surface area contributed by atoms with Crippen LogP contribution in [0.1, 0.15) is 34.6 Å². The van der Waals surface area contributed by atoms with Crippen molar-refractivity contribution < 1.29 is 0 Å². The summed E-state index contributed by atoms with van der Waals surface area (Å²) in [5, 5.41) is 0. The first-order valence-corrected chi connectivity index (χ1v) is 8.98. The maximum atomic E-state index is 2.59. The molecule has 0 saturated heterocycles. The molecule has 124 valence electrons. The Balaban J connectivity index is 1.66. The van der Waals surface area contributed by atoms with Gasteiger partial charge in [-0.1, -0.05) is 41.5 Å². The Morgan fingerprint density at radius 1 is 1.00 bits per heavy atom. The van der Waals surface area contributed by atoms with Crippen LogP contribution in [0.15, 0.2) is 48.7 Å². The Hall–Kier alpha value is -2.22. The monoisotopic (exact) mass is 318 g/mol.